The highest BCUT2D eigenvalue weighted by Gasteiger charge is 2.06. The molecular weight excluding hydrogens is 242 g/mol. The third-order valence-electron chi connectivity index (χ3n) is 2.88. The molecule has 1 heterocycles. The number of aryl methyl sites for hydroxylation is 2. The van der Waals surface area contributed by atoms with Crippen LogP contribution in [0.2, 0.25) is 0 Å². The SMILES string of the molecule is Cc1cc(C)c2sc(NCCCN(C)C)nc2c1. The first-order valence-corrected chi connectivity index (χ1v) is 7.14. The molecule has 3 nitrogen and oxygen atoms in total. The van der Waals surface area contributed by atoms with Gasteiger partial charge < -0.3 is 10.2 Å². The van der Waals surface area contributed by atoms with E-state index in [1.165, 1.54) is 15.8 Å². The lowest BCUT2D eigenvalue weighted by Gasteiger charge is -2.08. The molecule has 0 aliphatic heterocycles. The first-order chi connectivity index (χ1) is 8.56. The number of thiazole rings is 1. The van der Waals surface area contributed by atoms with Crippen LogP contribution in [-0.4, -0.2) is 37.1 Å². The molecule has 0 saturated carbocycles. The van der Waals surface area contributed by atoms with Crippen LogP contribution < -0.4 is 5.32 Å². The predicted molar refractivity (Wildman–Crippen MR) is 80.8 cm³/mol. The Bertz CT molecular complexity index is 531. The molecule has 98 valence electrons. The summed E-state index contributed by atoms with van der Waals surface area (Å²) in [7, 11) is 4.20. The van der Waals surface area contributed by atoms with E-state index in [-0.39, 0.29) is 0 Å². The van der Waals surface area contributed by atoms with Crippen molar-refractivity contribution < 1.29 is 0 Å². The summed E-state index contributed by atoms with van der Waals surface area (Å²) in [5.74, 6) is 0. The van der Waals surface area contributed by atoms with E-state index in [0.29, 0.717) is 0 Å². The molecule has 18 heavy (non-hydrogen) atoms. The van der Waals surface area contributed by atoms with E-state index in [1.54, 1.807) is 11.3 Å². The van der Waals surface area contributed by atoms with Gasteiger partial charge in [0.1, 0.15) is 0 Å². The molecule has 0 spiro atoms. The molecule has 0 saturated heterocycles. The van der Waals surface area contributed by atoms with E-state index >= 15 is 0 Å². The predicted octanol–water partition coefficient (Wildman–Crippen LogP) is 3.28. The van der Waals surface area contributed by atoms with Gasteiger partial charge in [0, 0.05) is 6.54 Å². The number of fused-ring (bicyclic) bond motifs is 1. The molecule has 0 bridgehead atoms. The normalized spacial score (nSPS) is 11.4. The van der Waals surface area contributed by atoms with E-state index in [2.05, 4.69) is 55.3 Å². The zero-order valence-corrected chi connectivity index (χ0v) is 12.4. The van der Waals surface area contributed by atoms with Crippen molar-refractivity contribution in [3.63, 3.8) is 0 Å². The first kappa shape index (κ1) is 13.3. The van der Waals surface area contributed by atoms with Crippen LogP contribution in [0, 0.1) is 13.8 Å². The summed E-state index contributed by atoms with van der Waals surface area (Å²) in [6, 6.07) is 4.38. The molecule has 0 radical (unpaired) electrons. The van der Waals surface area contributed by atoms with Crippen LogP contribution in [0.25, 0.3) is 10.2 Å². The Kier molecular flexibility index (Phi) is 4.19. The third kappa shape index (κ3) is 3.21. The quantitative estimate of drug-likeness (QED) is 0.839. The molecule has 0 unspecified atom stereocenters. The maximum Gasteiger partial charge on any atom is 0.183 e. The van der Waals surface area contributed by atoms with Gasteiger partial charge in [-0.2, -0.15) is 0 Å². The van der Waals surface area contributed by atoms with Gasteiger partial charge in [0.2, 0.25) is 0 Å². The fourth-order valence-electron chi connectivity index (χ4n) is 2.04. The molecule has 1 N–H and O–H groups in total. The van der Waals surface area contributed by atoms with E-state index < -0.39 is 0 Å². The molecule has 4 heteroatoms. The van der Waals surface area contributed by atoms with Crippen LogP contribution in [0.5, 0.6) is 0 Å². The van der Waals surface area contributed by atoms with Gasteiger partial charge in [-0.05, 0) is 58.1 Å². The molecular formula is C14H21N3S. The van der Waals surface area contributed by atoms with Crippen LogP contribution in [0.1, 0.15) is 17.5 Å². The molecule has 1 aromatic carbocycles. The Balaban J connectivity index is 2.04. The number of nitrogens with zero attached hydrogens (tertiary/aromatic N) is 2. The van der Waals surface area contributed by atoms with Crippen LogP contribution in [0.4, 0.5) is 5.13 Å². The van der Waals surface area contributed by atoms with Gasteiger partial charge in [0.15, 0.2) is 5.13 Å². The van der Waals surface area contributed by atoms with Crippen molar-refractivity contribution in [2.24, 2.45) is 0 Å². The lowest BCUT2D eigenvalue weighted by molar-refractivity contribution is 0.405. The fourth-order valence-corrected chi connectivity index (χ4v) is 2.98. The van der Waals surface area contributed by atoms with Crippen molar-refractivity contribution in [2.75, 3.05) is 32.5 Å². The molecule has 1 aromatic heterocycles. The maximum absolute atomic E-state index is 4.64. The van der Waals surface area contributed by atoms with Crippen LogP contribution in [0.15, 0.2) is 12.1 Å². The highest BCUT2D eigenvalue weighted by molar-refractivity contribution is 7.22. The molecule has 0 fully saturated rings. The number of hydrogen-bond donors (Lipinski definition) is 1. The van der Waals surface area contributed by atoms with Crippen LogP contribution >= 0.6 is 11.3 Å². The Morgan fingerprint density at radius 1 is 1.28 bits per heavy atom. The lowest BCUT2D eigenvalue weighted by Crippen LogP contribution is -2.16. The van der Waals surface area contributed by atoms with Crippen molar-refractivity contribution in [3.05, 3.63) is 23.3 Å². The second kappa shape index (κ2) is 5.67. The Morgan fingerprint density at radius 2 is 2.06 bits per heavy atom. The third-order valence-corrected chi connectivity index (χ3v) is 4.04. The van der Waals surface area contributed by atoms with Crippen molar-refractivity contribution in [1.29, 1.82) is 0 Å². The number of hydrogen-bond acceptors (Lipinski definition) is 4. The van der Waals surface area contributed by atoms with Crippen molar-refractivity contribution in [1.82, 2.24) is 9.88 Å². The largest absolute Gasteiger partial charge is 0.361 e. The standard InChI is InChI=1S/C14H21N3S/c1-10-8-11(2)13-12(9-10)16-14(18-13)15-6-5-7-17(3)4/h8-9H,5-7H2,1-4H3,(H,15,16). The second-order valence-electron chi connectivity index (χ2n) is 5.03. The minimum atomic E-state index is 0.982. The van der Waals surface area contributed by atoms with Crippen molar-refractivity contribution in [2.45, 2.75) is 20.3 Å². The van der Waals surface area contributed by atoms with Crippen molar-refractivity contribution >= 4 is 26.7 Å². The zero-order valence-electron chi connectivity index (χ0n) is 11.6. The molecule has 2 rings (SSSR count). The summed E-state index contributed by atoms with van der Waals surface area (Å²) >= 11 is 1.76. The van der Waals surface area contributed by atoms with Crippen molar-refractivity contribution in [3.8, 4) is 0 Å². The van der Waals surface area contributed by atoms with Gasteiger partial charge in [-0.1, -0.05) is 17.4 Å². The number of aromatic nitrogens is 1. The van der Waals surface area contributed by atoms with Gasteiger partial charge >= 0.3 is 0 Å². The fraction of sp³-hybridized carbons (Fsp3) is 0.500. The lowest BCUT2D eigenvalue weighted by atomic mass is 10.1. The minimum Gasteiger partial charge on any atom is -0.361 e. The van der Waals surface area contributed by atoms with E-state index in [1.807, 2.05) is 0 Å². The molecule has 0 amide bonds. The summed E-state index contributed by atoms with van der Waals surface area (Å²) < 4.78 is 1.30. The Labute approximate surface area is 113 Å². The van der Waals surface area contributed by atoms with Crippen LogP contribution in [0.3, 0.4) is 0 Å². The minimum absolute atomic E-state index is 0.982. The number of anilines is 1. The summed E-state index contributed by atoms with van der Waals surface area (Å²) in [6.45, 7) is 6.37. The average molecular weight is 263 g/mol. The average Bonchev–Trinajstić information content (AvgIpc) is 2.67. The summed E-state index contributed by atoms with van der Waals surface area (Å²) in [5.41, 5.74) is 3.72. The van der Waals surface area contributed by atoms with E-state index in [9.17, 15) is 0 Å². The zero-order chi connectivity index (χ0) is 13.1. The van der Waals surface area contributed by atoms with Crippen LogP contribution in [-0.2, 0) is 0 Å². The smallest absolute Gasteiger partial charge is 0.183 e. The van der Waals surface area contributed by atoms with E-state index in [4.69, 9.17) is 0 Å². The molecule has 0 aliphatic rings. The molecule has 0 aliphatic carbocycles. The summed E-state index contributed by atoms with van der Waals surface area (Å²) in [6.07, 6.45) is 1.14. The summed E-state index contributed by atoms with van der Waals surface area (Å²) in [5, 5.41) is 4.46. The van der Waals surface area contributed by atoms with Gasteiger partial charge in [-0.15, -0.1) is 0 Å². The first-order valence-electron chi connectivity index (χ1n) is 6.32. The highest BCUT2D eigenvalue weighted by Crippen LogP contribution is 2.29. The second-order valence-corrected chi connectivity index (χ2v) is 6.03. The number of nitrogens with one attached hydrogen (secondary N) is 1. The van der Waals surface area contributed by atoms with Gasteiger partial charge in [-0.25, -0.2) is 4.98 Å². The van der Waals surface area contributed by atoms with Gasteiger partial charge in [0.25, 0.3) is 0 Å². The van der Waals surface area contributed by atoms with Gasteiger partial charge in [0.05, 0.1) is 10.2 Å². The maximum atomic E-state index is 4.64. The monoisotopic (exact) mass is 263 g/mol. The molecule has 0 atom stereocenters. The summed E-state index contributed by atoms with van der Waals surface area (Å²) in [4.78, 5) is 6.85. The molecule has 2 aromatic rings. The van der Waals surface area contributed by atoms with E-state index in [0.717, 1.165) is 30.2 Å². The Hall–Kier alpha value is -1.13. The topological polar surface area (TPSA) is 28.2 Å². The number of benzene rings is 1. The highest BCUT2D eigenvalue weighted by atomic mass is 32.1. The number of rotatable bonds is 5. The Morgan fingerprint density at radius 3 is 2.78 bits per heavy atom. The van der Waals surface area contributed by atoms with Gasteiger partial charge in [-0.3, -0.25) is 0 Å².